The maximum absolute atomic E-state index is 11.7. The quantitative estimate of drug-likeness (QED) is 0.843. The summed E-state index contributed by atoms with van der Waals surface area (Å²) in [4.78, 5) is 0.284. The zero-order valence-corrected chi connectivity index (χ0v) is 11.6. The Labute approximate surface area is 112 Å². The Kier molecular flexibility index (Phi) is 3.46. The summed E-state index contributed by atoms with van der Waals surface area (Å²) in [7, 11) is -3.27. The van der Waals surface area contributed by atoms with Crippen molar-refractivity contribution in [2.45, 2.75) is 11.8 Å². The first-order valence-corrected chi connectivity index (χ1v) is 7.64. The van der Waals surface area contributed by atoms with Gasteiger partial charge in [-0.15, -0.1) is 0 Å². The summed E-state index contributed by atoms with van der Waals surface area (Å²) in [5, 5.41) is 0.663. The second-order valence-electron chi connectivity index (χ2n) is 4.15. The summed E-state index contributed by atoms with van der Waals surface area (Å²) in [6, 6.07) is 13.4. The van der Waals surface area contributed by atoms with Crippen LogP contribution in [0, 0.1) is 13.0 Å². The maximum Gasteiger partial charge on any atom is 0.176 e. The second kappa shape index (κ2) is 4.75. The average molecular weight is 280 g/mol. The van der Waals surface area contributed by atoms with E-state index in [0.717, 1.165) is 11.1 Å². The minimum Gasteiger partial charge on any atom is -0.224 e. The van der Waals surface area contributed by atoms with Gasteiger partial charge in [-0.1, -0.05) is 29.8 Å². The standard InChI is InChI=1S/C14H12ClO2S/c1-10-9-11(7-8-13(10)15)12-5-3-4-6-14(12)18(2,16)17/h3-4,6-9H,1-2H3. The molecule has 2 rings (SSSR count). The minimum atomic E-state index is -3.27. The molecule has 0 unspecified atom stereocenters. The molecule has 0 spiro atoms. The molecule has 0 aliphatic heterocycles. The van der Waals surface area contributed by atoms with Gasteiger partial charge >= 0.3 is 0 Å². The average Bonchev–Trinajstić information content (AvgIpc) is 2.32. The van der Waals surface area contributed by atoms with Crippen molar-refractivity contribution in [2.75, 3.05) is 6.26 Å². The van der Waals surface area contributed by atoms with E-state index in [1.807, 2.05) is 13.0 Å². The van der Waals surface area contributed by atoms with Crippen LogP contribution in [0.15, 0.2) is 41.3 Å². The number of halogens is 1. The van der Waals surface area contributed by atoms with Gasteiger partial charge in [-0.05, 0) is 42.3 Å². The van der Waals surface area contributed by atoms with Crippen molar-refractivity contribution in [2.24, 2.45) is 0 Å². The van der Waals surface area contributed by atoms with E-state index >= 15 is 0 Å². The number of sulfone groups is 1. The lowest BCUT2D eigenvalue weighted by Crippen LogP contribution is -1.99. The van der Waals surface area contributed by atoms with Crippen molar-refractivity contribution in [3.05, 3.63) is 53.1 Å². The number of aryl methyl sites for hydroxylation is 1. The van der Waals surface area contributed by atoms with Gasteiger partial charge in [-0.25, -0.2) is 8.42 Å². The number of rotatable bonds is 2. The van der Waals surface area contributed by atoms with E-state index in [1.165, 1.54) is 6.26 Å². The molecule has 2 aromatic carbocycles. The van der Waals surface area contributed by atoms with E-state index in [4.69, 9.17) is 11.6 Å². The summed E-state index contributed by atoms with van der Waals surface area (Å²) in [5.41, 5.74) is 2.29. The molecule has 2 nitrogen and oxygen atoms in total. The fourth-order valence-electron chi connectivity index (χ4n) is 1.76. The smallest absolute Gasteiger partial charge is 0.176 e. The molecule has 0 bridgehead atoms. The van der Waals surface area contributed by atoms with E-state index in [9.17, 15) is 8.42 Å². The van der Waals surface area contributed by atoms with Crippen molar-refractivity contribution in [1.82, 2.24) is 0 Å². The summed E-state index contributed by atoms with van der Waals surface area (Å²) in [6.45, 7) is 1.88. The number of hydrogen-bond donors (Lipinski definition) is 0. The maximum atomic E-state index is 11.7. The molecule has 93 valence electrons. The van der Waals surface area contributed by atoms with Crippen molar-refractivity contribution in [3.8, 4) is 11.1 Å². The Morgan fingerprint density at radius 2 is 1.94 bits per heavy atom. The van der Waals surface area contributed by atoms with Gasteiger partial charge in [0, 0.05) is 16.8 Å². The van der Waals surface area contributed by atoms with Crippen LogP contribution in [0.2, 0.25) is 5.02 Å². The van der Waals surface area contributed by atoms with E-state index in [2.05, 4.69) is 6.07 Å². The van der Waals surface area contributed by atoms with Crippen LogP contribution in [0.3, 0.4) is 0 Å². The fourth-order valence-corrected chi connectivity index (χ4v) is 2.75. The van der Waals surface area contributed by atoms with Crippen LogP contribution in [-0.2, 0) is 9.84 Å². The molecule has 0 atom stereocenters. The van der Waals surface area contributed by atoms with E-state index in [0.29, 0.717) is 10.6 Å². The Hall–Kier alpha value is -1.32. The summed E-state index contributed by atoms with van der Waals surface area (Å²) < 4.78 is 23.5. The molecule has 4 heteroatoms. The van der Waals surface area contributed by atoms with Crippen LogP contribution in [0.5, 0.6) is 0 Å². The minimum absolute atomic E-state index is 0.284. The number of hydrogen-bond acceptors (Lipinski definition) is 2. The highest BCUT2D eigenvalue weighted by molar-refractivity contribution is 7.90. The lowest BCUT2D eigenvalue weighted by molar-refractivity contribution is 0.602. The molecule has 0 amide bonds. The van der Waals surface area contributed by atoms with E-state index < -0.39 is 9.84 Å². The van der Waals surface area contributed by atoms with Gasteiger partial charge in [0.1, 0.15) is 0 Å². The van der Waals surface area contributed by atoms with Gasteiger partial charge in [0.25, 0.3) is 0 Å². The first-order chi connectivity index (χ1) is 8.39. The SMILES string of the molecule is Cc1cc(-c2[c]cccc2S(C)(=O)=O)ccc1Cl. The Morgan fingerprint density at radius 3 is 2.56 bits per heavy atom. The summed E-state index contributed by atoms with van der Waals surface area (Å²) >= 11 is 5.97. The van der Waals surface area contributed by atoms with Crippen molar-refractivity contribution in [3.63, 3.8) is 0 Å². The molecule has 2 aromatic rings. The topological polar surface area (TPSA) is 34.1 Å². The molecule has 1 radical (unpaired) electrons. The van der Waals surface area contributed by atoms with Crippen molar-refractivity contribution < 1.29 is 8.42 Å². The highest BCUT2D eigenvalue weighted by Crippen LogP contribution is 2.29. The van der Waals surface area contributed by atoms with Crippen LogP contribution in [0.25, 0.3) is 11.1 Å². The normalized spacial score (nSPS) is 11.5. The van der Waals surface area contributed by atoms with E-state index in [1.54, 1.807) is 30.3 Å². The van der Waals surface area contributed by atoms with Gasteiger partial charge in [0.05, 0.1) is 4.90 Å². The molecule has 0 fully saturated rings. The molecule has 0 saturated carbocycles. The summed E-state index contributed by atoms with van der Waals surface area (Å²) in [6.07, 6.45) is 1.20. The molecule has 18 heavy (non-hydrogen) atoms. The van der Waals surface area contributed by atoms with Crippen LogP contribution in [-0.4, -0.2) is 14.7 Å². The molecule has 0 saturated heterocycles. The van der Waals surface area contributed by atoms with Crippen molar-refractivity contribution in [1.29, 1.82) is 0 Å². The van der Waals surface area contributed by atoms with Gasteiger partial charge in [-0.3, -0.25) is 0 Å². The van der Waals surface area contributed by atoms with Gasteiger partial charge in [-0.2, -0.15) is 0 Å². The zero-order valence-electron chi connectivity index (χ0n) is 10.1. The molecular weight excluding hydrogens is 268 g/mol. The van der Waals surface area contributed by atoms with Crippen LogP contribution >= 0.6 is 11.6 Å². The molecule has 0 heterocycles. The zero-order chi connectivity index (χ0) is 13.3. The number of benzene rings is 2. The van der Waals surface area contributed by atoms with Crippen LogP contribution < -0.4 is 0 Å². The third kappa shape index (κ3) is 2.57. The Balaban J connectivity index is 2.68. The van der Waals surface area contributed by atoms with E-state index in [-0.39, 0.29) is 4.90 Å². The fraction of sp³-hybridized carbons (Fsp3) is 0.143. The van der Waals surface area contributed by atoms with Gasteiger partial charge in [0.15, 0.2) is 9.84 Å². The third-order valence-corrected chi connectivity index (χ3v) is 4.23. The van der Waals surface area contributed by atoms with Crippen LogP contribution in [0.4, 0.5) is 0 Å². The predicted molar refractivity (Wildman–Crippen MR) is 73.6 cm³/mol. The monoisotopic (exact) mass is 279 g/mol. The molecule has 0 aliphatic rings. The van der Waals surface area contributed by atoms with Crippen molar-refractivity contribution >= 4 is 21.4 Å². The Morgan fingerprint density at radius 1 is 1.22 bits per heavy atom. The second-order valence-corrected chi connectivity index (χ2v) is 6.54. The highest BCUT2D eigenvalue weighted by Gasteiger charge is 2.14. The van der Waals surface area contributed by atoms with Crippen LogP contribution in [0.1, 0.15) is 5.56 Å². The third-order valence-electron chi connectivity index (χ3n) is 2.66. The first-order valence-electron chi connectivity index (χ1n) is 5.37. The molecule has 0 N–H and O–H groups in total. The molecular formula is C14H12ClO2S. The van der Waals surface area contributed by atoms with Gasteiger partial charge < -0.3 is 0 Å². The van der Waals surface area contributed by atoms with Gasteiger partial charge in [0.2, 0.25) is 0 Å². The lowest BCUT2D eigenvalue weighted by atomic mass is 10.0. The molecule has 0 aliphatic carbocycles. The Bertz CT molecular complexity index is 691. The summed E-state index contributed by atoms with van der Waals surface area (Å²) in [5.74, 6) is 0. The first kappa shape index (κ1) is 13.1. The molecule has 0 aromatic heterocycles. The largest absolute Gasteiger partial charge is 0.224 e. The lowest BCUT2D eigenvalue weighted by Gasteiger charge is -2.09. The predicted octanol–water partition coefficient (Wildman–Crippen LogP) is 3.52. The highest BCUT2D eigenvalue weighted by atomic mass is 35.5.